The van der Waals surface area contributed by atoms with Crippen molar-refractivity contribution in [1.29, 1.82) is 0 Å². The van der Waals surface area contributed by atoms with E-state index in [9.17, 15) is 18.3 Å². The van der Waals surface area contributed by atoms with Crippen molar-refractivity contribution in [3.63, 3.8) is 0 Å². The molecule has 1 aromatic carbocycles. The Kier molecular flexibility index (Phi) is 7.05. The molecule has 0 aliphatic carbocycles. The molecule has 1 aromatic heterocycles. The van der Waals surface area contributed by atoms with Gasteiger partial charge in [-0.2, -0.15) is 0 Å². The molecule has 27 heavy (non-hydrogen) atoms. The monoisotopic (exact) mass is 415 g/mol. The summed E-state index contributed by atoms with van der Waals surface area (Å²) in [6.07, 6.45) is 0. The quantitative estimate of drug-likeness (QED) is 0.562. The fourth-order valence-electron chi connectivity index (χ4n) is 2.41. The van der Waals surface area contributed by atoms with Crippen LogP contribution in [0.4, 0.5) is 0 Å². The highest BCUT2D eigenvalue weighted by molar-refractivity contribution is 7.91. The summed E-state index contributed by atoms with van der Waals surface area (Å²) in [6, 6.07) is 6.60. The number of phenols is 1. The molecule has 10 heteroatoms. The van der Waals surface area contributed by atoms with Gasteiger partial charge in [0.2, 0.25) is 11.7 Å². The van der Waals surface area contributed by atoms with Crippen molar-refractivity contribution in [1.82, 2.24) is 5.32 Å². The summed E-state index contributed by atoms with van der Waals surface area (Å²) in [5.41, 5.74) is 0.652. The van der Waals surface area contributed by atoms with E-state index in [1.807, 2.05) is 0 Å². The molecule has 2 rings (SSSR count). The Morgan fingerprint density at radius 1 is 1.22 bits per heavy atom. The average Bonchev–Trinajstić information content (AvgIpc) is 3.06. The Bertz CT molecular complexity index is 906. The number of hydrogen-bond donors (Lipinski definition) is 3. The van der Waals surface area contributed by atoms with Crippen LogP contribution >= 0.6 is 11.3 Å². The number of aliphatic hydroxyl groups excluding tert-OH is 1. The first-order valence-electron chi connectivity index (χ1n) is 7.91. The highest BCUT2D eigenvalue weighted by Gasteiger charge is 2.19. The maximum atomic E-state index is 12.2. The van der Waals surface area contributed by atoms with E-state index in [2.05, 4.69) is 5.32 Å². The zero-order valence-corrected chi connectivity index (χ0v) is 16.5. The number of methoxy groups -OCH3 is 2. The SMILES string of the molecule is COc1cc(-c2ccc(CS(=O)(=O)CC(=O)NCCO)s2)cc(O)c1OC. The first kappa shape index (κ1) is 21.0. The Labute approximate surface area is 161 Å². The van der Waals surface area contributed by atoms with E-state index >= 15 is 0 Å². The van der Waals surface area contributed by atoms with Crippen molar-refractivity contribution in [2.24, 2.45) is 0 Å². The highest BCUT2D eigenvalue weighted by Crippen LogP contribution is 2.42. The van der Waals surface area contributed by atoms with E-state index in [0.29, 0.717) is 16.2 Å². The van der Waals surface area contributed by atoms with Gasteiger partial charge in [-0.3, -0.25) is 4.79 Å². The molecule has 0 saturated carbocycles. The molecule has 2 aromatic rings. The predicted octanol–water partition coefficient (Wildman–Crippen LogP) is 1.16. The summed E-state index contributed by atoms with van der Waals surface area (Å²) >= 11 is 1.24. The van der Waals surface area contributed by atoms with Crippen molar-refractivity contribution >= 4 is 27.1 Å². The molecule has 0 radical (unpaired) electrons. The van der Waals surface area contributed by atoms with Gasteiger partial charge in [0.05, 0.1) is 26.6 Å². The molecule has 0 fully saturated rings. The minimum absolute atomic E-state index is 0.0142. The van der Waals surface area contributed by atoms with Gasteiger partial charge in [-0.05, 0) is 29.8 Å². The number of rotatable bonds is 9. The number of nitrogens with one attached hydrogen (secondary N) is 1. The number of phenolic OH excluding ortho intramolecular Hbond substituents is 1. The van der Waals surface area contributed by atoms with Crippen LogP contribution < -0.4 is 14.8 Å². The van der Waals surface area contributed by atoms with Gasteiger partial charge in [-0.25, -0.2) is 8.42 Å². The van der Waals surface area contributed by atoms with Crippen LogP contribution in [-0.2, 0) is 20.4 Å². The maximum absolute atomic E-state index is 12.2. The number of carbonyl (C=O) groups is 1. The fourth-order valence-corrected chi connectivity index (χ4v) is 5.11. The number of amides is 1. The molecule has 0 saturated heterocycles. The Hall–Kier alpha value is -2.30. The summed E-state index contributed by atoms with van der Waals surface area (Å²) in [7, 11) is -0.770. The lowest BCUT2D eigenvalue weighted by Gasteiger charge is -2.11. The molecular formula is C17H21NO7S2. The van der Waals surface area contributed by atoms with Crippen LogP contribution in [0, 0.1) is 0 Å². The molecule has 0 unspecified atom stereocenters. The summed E-state index contributed by atoms with van der Waals surface area (Å²) in [5.74, 6) is -1.08. The number of thiophene rings is 1. The minimum Gasteiger partial charge on any atom is -0.504 e. The Morgan fingerprint density at radius 2 is 1.96 bits per heavy atom. The first-order chi connectivity index (χ1) is 12.8. The largest absolute Gasteiger partial charge is 0.504 e. The summed E-state index contributed by atoms with van der Waals surface area (Å²) in [5, 5.41) is 21.0. The summed E-state index contributed by atoms with van der Waals surface area (Å²) < 4.78 is 34.6. The molecule has 0 spiro atoms. The van der Waals surface area contributed by atoms with Gasteiger partial charge < -0.3 is 25.0 Å². The van der Waals surface area contributed by atoms with Crippen molar-refractivity contribution in [3.8, 4) is 27.7 Å². The van der Waals surface area contributed by atoms with Gasteiger partial charge in [0, 0.05) is 16.3 Å². The second-order valence-electron chi connectivity index (χ2n) is 5.60. The lowest BCUT2D eigenvalue weighted by molar-refractivity contribution is -0.118. The third-order valence-corrected chi connectivity index (χ3v) is 6.32. The van der Waals surface area contributed by atoms with E-state index in [4.69, 9.17) is 14.6 Å². The standard InChI is InChI=1S/C17H21NO7S2/c1-24-14-8-11(7-13(20)17(14)25-2)15-4-3-12(26-15)9-27(22,23)10-16(21)18-5-6-19/h3-4,7-8,19-20H,5-6,9-10H2,1-2H3,(H,18,21). The number of carbonyl (C=O) groups excluding carboxylic acids is 1. The van der Waals surface area contributed by atoms with Gasteiger partial charge in [-0.15, -0.1) is 11.3 Å². The number of aliphatic hydroxyl groups is 1. The zero-order valence-electron chi connectivity index (χ0n) is 14.9. The van der Waals surface area contributed by atoms with Crippen molar-refractivity contribution in [3.05, 3.63) is 29.1 Å². The van der Waals surface area contributed by atoms with Crippen LogP contribution in [-0.4, -0.2) is 57.7 Å². The van der Waals surface area contributed by atoms with E-state index in [-0.39, 0.29) is 30.4 Å². The lowest BCUT2D eigenvalue weighted by Crippen LogP contribution is -2.32. The second kappa shape index (κ2) is 9.07. The van der Waals surface area contributed by atoms with E-state index in [1.165, 1.54) is 31.6 Å². The molecule has 8 nitrogen and oxygen atoms in total. The maximum Gasteiger partial charge on any atom is 0.235 e. The topological polar surface area (TPSA) is 122 Å². The second-order valence-corrected chi connectivity index (χ2v) is 8.84. The number of aromatic hydroxyl groups is 1. The molecule has 0 atom stereocenters. The van der Waals surface area contributed by atoms with E-state index in [1.54, 1.807) is 18.2 Å². The number of ether oxygens (including phenoxy) is 2. The van der Waals surface area contributed by atoms with Crippen LogP contribution in [0.5, 0.6) is 17.2 Å². The number of benzene rings is 1. The molecule has 1 heterocycles. The number of hydrogen-bond acceptors (Lipinski definition) is 8. The van der Waals surface area contributed by atoms with Crippen molar-refractivity contribution in [2.45, 2.75) is 5.75 Å². The third kappa shape index (κ3) is 5.59. The van der Waals surface area contributed by atoms with Crippen molar-refractivity contribution < 1.29 is 32.9 Å². The lowest BCUT2D eigenvalue weighted by atomic mass is 10.1. The molecule has 3 N–H and O–H groups in total. The molecule has 0 aliphatic rings. The third-order valence-electron chi connectivity index (χ3n) is 3.55. The van der Waals surface area contributed by atoms with Crippen molar-refractivity contribution in [2.75, 3.05) is 33.1 Å². The van der Waals surface area contributed by atoms with Gasteiger partial charge >= 0.3 is 0 Å². The first-order valence-corrected chi connectivity index (χ1v) is 10.6. The predicted molar refractivity (Wildman–Crippen MR) is 102 cm³/mol. The Balaban J connectivity index is 2.17. The minimum atomic E-state index is -3.64. The van der Waals surface area contributed by atoms with E-state index < -0.39 is 21.5 Å². The summed E-state index contributed by atoms with van der Waals surface area (Å²) in [4.78, 5) is 12.9. The summed E-state index contributed by atoms with van der Waals surface area (Å²) in [6.45, 7) is -0.238. The normalized spacial score (nSPS) is 11.2. The van der Waals surface area contributed by atoms with Crippen LogP contribution in [0.3, 0.4) is 0 Å². The van der Waals surface area contributed by atoms with Gasteiger partial charge in [0.15, 0.2) is 21.3 Å². The zero-order chi connectivity index (χ0) is 20.0. The van der Waals surface area contributed by atoms with Crippen LogP contribution in [0.15, 0.2) is 24.3 Å². The van der Waals surface area contributed by atoms with Crippen LogP contribution in [0.2, 0.25) is 0 Å². The van der Waals surface area contributed by atoms with Gasteiger partial charge in [0.25, 0.3) is 0 Å². The smallest absolute Gasteiger partial charge is 0.235 e. The van der Waals surface area contributed by atoms with Gasteiger partial charge in [0.1, 0.15) is 5.75 Å². The molecule has 0 bridgehead atoms. The number of sulfone groups is 1. The van der Waals surface area contributed by atoms with Crippen LogP contribution in [0.25, 0.3) is 10.4 Å². The van der Waals surface area contributed by atoms with Crippen LogP contribution in [0.1, 0.15) is 4.88 Å². The average molecular weight is 415 g/mol. The molecule has 148 valence electrons. The van der Waals surface area contributed by atoms with Gasteiger partial charge in [-0.1, -0.05) is 0 Å². The fraction of sp³-hybridized carbons (Fsp3) is 0.353. The Morgan fingerprint density at radius 3 is 2.59 bits per heavy atom. The van der Waals surface area contributed by atoms with E-state index in [0.717, 1.165) is 4.88 Å². The molecule has 1 amide bonds. The molecule has 0 aliphatic heterocycles. The molecular weight excluding hydrogens is 394 g/mol. The highest BCUT2D eigenvalue weighted by atomic mass is 32.2.